The first-order valence-electron chi connectivity index (χ1n) is 5.70. The third-order valence-electron chi connectivity index (χ3n) is 3.00. The van der Waals surface area contributed by atoms with Gasteiger partial charge in [0, 0.05) is 10.9 Å². The quantitative estimate of drug-likeness (QED) is 0.646. The second-order valence-electron chi connectivity index (χ2n) is 4.18. The van der Waals surface area contributed by atoms with E-state index in [1.807, 2.05) is 12.1 Å². The van der Waals surface area contributed by atoms with Crippen molar-refractivity contribution in [3.05, 3.63) is 65.6 Å². The molecule has 1 aromatic heterocycles. The fourth-order valence-electron chi connectivity index (χ4n) is 2.02. The molecule has 0 saturated heterocycles. The molecule has 2 nitrogen and oxygen atoms in total. The number of nitrogens with zero attached hydrogens (tertiary/aromatic N) is 2. The second-order valence-corrected chi connectivity index (χ2v) is 4.18. The molecular weight excluding hydrogens is 253 g/mol. The molecule has 2 aromatic carbocycles. The number of hydrogen-bond donors (Lipinski definition) is 0. The van der Waals surface area contributed by atoms with E-state index >= 15 is 0 Å². The molecule has 1 heterocycles. The summed E-state index contributed by atoms with van der Waals surface area (Å²) in [5.41, 5.74) is 0.416. The highest BCUT2D eigenvalue weighted by Crippen LogP contribution is 2.19. The lowest BCUT2D eigenvalue weighted by atomic mass is 10.2. The summed E-state index contributed by atoms with van der Waals surface area (Å²) < 4.78 is 41.7. The van der Waals surface area contributed by atoms with Crippen LogP contribution < -0.4 is 0 Å². The summed E-state index contributed by atoms with van der Waals surface area (Å²) in [6, 6.07) is 8.97. The van der Waals surface area contributed by atoms with E-state index in [0.717, 1.165) is 23.0 Å². The van der Waals surface area contributed by atoms with Crippen LogP contribution in [0.15, 0.2) is 42.6 Å². The van der Waals surface area contributed by atoms with E-state index in [2.05, 4.69) is 5.10 Å². The lowest BCUT2D eigenvalue weighted by Crippen LogP contribution is -2.07. The first kappa shape index (κ1) is 11.8. The number of para-hydroxylation sites is 1. The molecule has 0 aliphatic carbocycles. The molecule has 0 radical (unpaired) electrons. The SMILES string of the molecule is Fc1ccc(F)c(Cn2ncc3ccccc32)c1F. The van der Waals surface area contributed by atoms with Crippen LogP contribution in [0.5, 0.6) is 0 Å². The van der Waals surface area contributed by atoms with Crippen molar-refractivity contribution in [2.45, 2.75) is 6.54 Å². The number of halogens is 3. The van der Waals surface area contributed by atoms with Crippen molar-refractivity contribution in [3.63, 3.8) is 0 Å². The third kappa shape index (κ3) is 1.97. The normalized spacial score (nSPS) is 11.1. The Hall–Kier alpha value is -2.30. The number of benzene rings is 2. The van der Waals surface area contributed by atoms with Gasteiger partial charge in [0.05, 0.1) is 18.3 Å². The Labute approximate surface area is 107 Å². The molecule has 0 saturated carbocycles. The van der Waals surface area contributed by atoms with Crippen molar-refractivity contribution in [2.24, 2.45) is 0 Å². The molecule has 0 N–H and O–H groups in total. The van der Waals surface area contributed by atoms with Crippen molar-refractivity contribution in [1.29, 1.82) is 0 Å². The molecule has 3 rings (SSSR count). The first-order chi connectivity index (χ1) is 9.16. The van der Waals surface area contributed by atoms with Crippen LogP contribution >= 0.6 is 0 Å². The summed E-state index contributed by atoms with van der Waals surface area (Å²) in [7, 11) is 0. The lowest BCUT2D eigenvalue weighted by molar-refractivity contribution is 0.471. The van der Waals surface area contributed by atoms with Crippen LogP contribution in [-0.4, -0.2) is 9.78 Å². The molecule has 0 amide bonds. The summed E-state index contributed by atoms with van der Waals surface area (Å²) in [5, 5.41) is 4.92. The van der Waals surface area contributed by atoms with Gasteiger partial charge in [-0.15, -0.1) is 0 Å². The lowest BCUT2D eigenvalue weighted by Gasteiger charge is -2.07. The molecule has 0 aliphatic rings. The van der Waals surface area contributed by atoms with Gasteiger partial charge in [-0.1, -0.05) is 18.2 Å². The van der Waals surface area contributed by atoms with E-state index < -0.39 is 17.5 Å². The minimum absolute atomic E-state index is 0.150. The van der Waals surface area contributed by atoms with Crippen LogP contribution in [0.4, 0.5) is 13.2 Å². The molecule has 96 valence electrons. The maximum atomic E-state index is 13.6. The van der Waals surface area contributed by atoms with Crippen LogP contribution in [0.25, 0.3) is 10.9 Å². The summed E-state index contributed by atoms with van der Waals surface area (Å²) >= 11 is 0. The van der Waals surface area contributed by atoms with Crippen molar-refractivity contribution in [3.8, 4) is 0 Å². The predicted molar refractivity (Wildman–Crippen MR) is 65.2 cm³/mol. The van der Waals surface area contributed by atoms with Gasteiger partial charge >= 0.3 is 0 Å². The first-order valence-corrected chi connectivity index (χ1v) is 5.70. The van der Waals surface area contributed by atoms with Gasteiger partial charge in [0.2, 0.25) is 0 Å². The van der Waals surface area contributed by atoms with Gasteiger partial charge in [-0.05, 0) is 18.2 Å². The van der Waals surface area contributed by atoms with Crippen molar-refractivity contribution in [2.75, 3.05) is 0 Å². The minimum atomic E-state index is -1.17. The number of hydrogen-bond acceptors (Lipinski definition) is 1. The molecule has 0 fully saturated rings. The Morgan fingerprint density at radius 2 is 1.68 bits per heavy atom. The minimum Gasteiger partial charge on any atom is -0.260 e. The summed E-state index contributed by atoms with van der Waals surface area (Å²) in [5.74, 6) is -3.01. The molecule has 5 heteroatoms. The maximum Gasteiger partial charge on any atom is 0.166 e. The number of fused-ring (bicyclic) bond motifs is 1. The Morgan fingerprint density at radius 1 is 0.947 bits per heavy atom. The Balaban J connectivity index is 2.09. The smallest absolute Gasteiger partial charge is 0.166 e. The van der Waals surface area contributed by atoms with Crippen LogP contribution in [0, 0.1) is 17.5 Å². The zero-order valence-corrected chi connectivity index (χ0v) is 9.78. The van der Waals surface area contributed by atoms with Crippen molar-refractivity contribution >= 4 is 10.9 Å². The van der Waals surface area contributed by atoms with Crippen LogP contribution in [0.3, 0.4) is 0 Å². The molecule has 0 bridgehead atoms. The fourth-order valence-corrected chi connectivity index (χ4v) is 2.02. The largest absolute Gasteiger partial charge is 0.260 e. The second kappa shape index (κ2) is 4.42. The summed E-state index contributed by atoms with van der Waals surface area (Å²) in [4.78, 5) is 0. The fraction of sp³-hybridized carbons (Fsp3) is 0.0714. The standard InChI is InChI=1S/C14H9F3N2/c15-11-5-6-12(16)14(17)10(11)8-19-13-4-2-1-3-9(13)7-18-19/h1-7H,8H2. The molecular formula is C14H9F3N2. The molecule has 0 atom stereocenters. The average Bonchev–Trinajstić information content (AvgIpc) is 2.83. The van der Waals surface area contributed by atoms with Gasteiger partial charge in [0.15, 0.2) is 11.6 Å². The van der Waals surface area contributed by atoms with Gasteiger partial charge < -0.3 is 0 Å². The Kier molecular flexibility index (Phi) is 2.74. The van der Waals surface area contributed by atoms with Gasteiger partial charge in [-0.3, -0.25) is 4.68 Å². The van der Waals surface area contributed by atoms with E-state index in [0.29, 0.717) is 0 Å². The van der Waals surface area contributed by atoms with Crippen LogP contribution in [0.1, 0.15) is 5.56 Å². The maximum absolute atomic E-state index is 13.6. The zero-order valence-electron chi connectivity index (χ0n) is 9.78. The highest BCUT2D eigenvalue weighted by molar-refractivity contribution is 5.78. The molecule has 3 aromatic rings. The summed E-state index contributed by atoms with van der Waals surface area (Å²) in [6.45, 7) is -0.150. The molecule has 0 spiro atoms. The zero-order chi connectivity index (χ0) is 13.4. The van der Waals surface area contributed by atoms with Crippen LogP contribution in [0.2, 0.25) is 0 Å². The number of aromatic nitrogens is 2. The van der Waals surface area contributed by atoms with Crippen molar-refractivity contribution < 1.29 is 13.2 Å². The summed E-state index contributed by atoms with van der Waals surface area (Å²) in [6.07, 6.45) is 1.60. The monoisotopic (exact) mass is 262 g/mol. The van der Waals surface area contributed by atoms with E-state index in [1.165, 1.54) is 4.68 Å². The van der Waals surface area contributed by atoms with Gasteiger partial charge in [0.1, 0.15) is 5.82 Å². The van der Waals surface area contributed by atoms with E-state index in [9.17, 15) is 13.2 Å². The van der Waals surface area contributed by atoms with E-state index in [4.69, 9.17) is 0 Å². The molecule has 0 aliphatic heterocycles. The van der Waals surface area contributed by atoms with Gasteiger partial charge in [-0.25, -0.2) is 13.2 Å². The number of rotatable bonds is 2. The topological polar surface area (TPSA) is 17.8 Å². The third-order valence-corrected chi connectivity index (χ3v) is 3.00. The molecule has 19 heavy (non-hydrogen) atoms. The average molecular weight is 262 g/mol. The van der Waals surface area contributed by atoms with Gasteiger partial charge in [-0.2, -0.15) is 5.10 Å². The predicted octanol–water partition coefficient (Wildman–Crippen LogP) is 3.50. The van der Waals surface area contributed by atoms with Crippen LogP contribution in [-0.2, 0) is 6.54 Å². The van der Waals surface area contributed by atoms with Gasteiger partial charge in [0.25, 0.3) is 0 Å². The highest BCUT2D eigenvalue weighted by Gasteiger charge is 2.15. The van der Waals surface area contributed by atoms with Crippen molar-refractivity contribution in [1.82, 2.24) is 9.78 Å². The Bertz CT molecular complexity index is 750. The van der Waals surface area contributed by atoms with E-state index in [1.54, 1.807) is 18.3 Å². The Morgan fingerprint density at radius 3 is 2.53 bits per heavy atom. The van der Waals surface area contributed by atoms with E-state index in [-0.39, 0.29) is 12.1 Å². The highest BCUT2D eigenvalue weighted by atomic mass is 19.2. The molecule has 0 unspecified atom stereocenters.